The fraction of sp³-hybridized carbons (Fsp3) is 0.667. The van der Waals surface area contributed by atoms with Crippen molar-refractivity contribution in [2.75, 3.05) is 18.0 Å². The second kappa shape index (κ2) is 6.78. The van der Waals surface area contributed by atoms with E-state index in [1.54, 1.807) is 6.07 Å². The average molecular weight is 290 g/mol. The van der Waals surface area contributed by atoms with E-state index in [2.05, 4.69) is 17.1 Å². The molecule has 0 amide bonds. The monoisotopic (exact) mass is 290 g/mol. The number of rotatable bonds is 4. The van der Waals surface area contributed by atoms with Crippen LogP contribution in [0.1, 0.15) is 45.4 Å². The molecule has 2 atom stereocenters. The molecule has 0 spiro atoms. The van der Waals surface area contributed by atoms with Crippen molar-refractivity contribution in [3.63, 3.8) is 0 Å². The van der Waals surface area contributed by atoms with E-state index in [-0.39, 0.29) is 5.82 Å². The van der Waals surface area contributed by atoms with Crippen LogP contribution in [0.3, 0.4) is 0 Å². The summed E-state index contributed by atoms with van der Waals surface area (Å²) in [7, 11) is 0. The van der Waals surface area contributed by atoms with E-state index >= 15 is 0 Å². The Labute approximate surface area is 127 Å². The first-order chi connectivity index (χ1) is 10.2. The molecule has 1 aliphatic carbocycles. The van der Waals surface area contributed by atoms with E-state index in [9.17, 15) is 4.39 Å². The number of anilines is 1. The summed E-state index contributed by atoms with van der Waals surface area (Å²) >= 11 is 0. The van der Waals surface area contributed by atoms with Crippen LogP contribution in [0.5, 0.6) is 0 Å². The zero-order valence-corrected chi connectivity index (χ0v) is 13.0. The minimum atomic E-state index is -0.133. The number of nitrogens with one attached hydrogen (secondary N) is 1. The highest BCUT2D eigenvalue weighted by Gasteiger charge is 2.28. The number of piperidine rings is 1. The molecule has 21 heavy (non-hydrogen) atoms. The number of benzene rings is 1. The summed E-state index contributed by atoms with van der Waals surface area (Å²) in [4.78, 5) is 2.37. The third-order valence-corrected chi connectivity index (χ3v) is 5.11. The SMILES string of the molecule is CCC1CC(NC2CCCC2)CN(c2cccc(F)c2)C1. The Morgan fingerprint density at radius 1 is 1.19 bits per heavy atom. The molecular formula is C18H27FN2. The van der Waals surface area contributed by atoms with Crippen LogP contribution >= 0.6 is 0 Å². The second-order valence-electron chi connectivity index (χ2n) is 6.74. The molecule has 1 heterocycles. The molecule has 2 fully saturated rings. The molecule has 1 aromatic rings. The Morgan fingerprint density at radius 3 is 2.71 bits per heavy atom. The number of hydrogen-bond acceptors (Lipinski definition) is 2. The molecule has 1 N–H and O–H groups in total. The van der Waals surface area contributed by atoms with Crippen LogP contribution in [0.25, 0.3) is 0 Å². The Morgan fingerprint density at radius 2 is 2.00 bits per heavy atom. The van der Waals surface area contributed by atoms with Crippen LogP contribution in [0.15, 0.2) is 24.3 Å². The fourth-order valence-corrected chi connectivity index (χ4v) is 3.93. The number of hydrogen-bond donors (Lipinski definition) is 1. The molecule has 0 bridgehead atoms. The maximum Gasteiger partial charge on any atom is 0.125 e. The molecule has 1 aromatic carbocycles. The lowest BCUT2D eigenvalue weighted by atomic mass is 9.91. The van der Waals surface area contributed by atoms with Crippen LogP contribution in [-0.4, -0.2) is 25.2 Å². The van der Waals surface area contributed by atoms with Gasteiger partial charge in [-0.1, -0.05) is 32.3 Å². The van der Waals surface area contributed by atoms with E-state index in [1.807, 2.05) is 12.1 Å². The van der Waals surface area contributed by atoms with Crippen molar-refractivity contribution in [3.8, 4) is 0 Å². The van der Waals surface area contributed by atoms with E-state index in [0.717, 1.165) is 18.8 Å². The Bertz CT molecular complexity index is 456. The van der Waals surface area contributed by atoms with E-state index in [1.165, 1.54) is 44.6 Å². The van der Waals surface area contributed by atoms with Gasteiger partial charge in [-0.25, -0.2) is 4.39 Å². The van der Waals surface area contributed by atoms with Gasteiger partial charge in [0.05, 0.1) is 0 Å². The quantitative estimate of drug-likeness (QED) is 0.903. The first-order valence-corrected chi connectivity index (χ1v) is 8.51. The normalized spacial score (nSPS) is 27.2. The molecule has 2 nitrogen and oxygen atoms in total. The number of nitrogens with zero attached hydrogens (tertiary/aromatic N) is 1. The van der Waals surface area contributed by atoms with Gasteiger partial charge in [-0.2, -0.15) is 0 Å². The van der Waals surface area contributed by atoms with E-state index in [4.69, 9.17) is 0 Å². The van der Waals surface area contributed by atoms with Gasteiger partial charge in [0, 0.05) is 30.9 Å². The topological polar surface area (TPSA) is 15.3 Å². The van der Waals surface area contributed by atoms with E-state index < -0.39 is 0 Å². The first kappa shape index (κ1) is 14.8. The smallest absolute Gasteiger partial charge is 0.125 e. The van der Waals surface area contributed by atoms with Crippen LogP contribution in [0.4, 0.5) is 10.1 Å². The van der Waals surface area contributed by atoms with Crippen molar-refractivity contribution < 1.29 is 4.39 Å². The summed E-state index contributed by atoms with van der Waals surface area (Å²) in [5, 5.41) is 3.86. The maximum absolute atomic E-state index is 13.5. The summed E-state index contributed by atoms with van der Waals surface area (Å²) in [6, 6.07) is 8.31. The molecule has 3 heteroatoms. The molecule has 116 valence electrons. The molecule has 0 aromatic heterocycles. The zero-order chi connectivity index (χ0) is 14.7. The molecule has 1 saturated heterocycles. The van der Waals surface area contributed by atoms with Crippen LogP contribution < -0.4 is 10.2 Å². The van der Waals surface area contributed by atoms with Crippen molar-refractivity contribution in [1.82, 2.24) is 5.32 Å². The molecule has 3 rings (SSSR count). The molecule has 0 radical (unpaired) electrons. The van der Waals surface area contributed by atoms with Crippen LogP contribution in [-0.2, 0) is 0 Å². The van der Waals surface area contributed by atoms with Gasteiger partial charge in [0.1, 0.15) is 5.82 Å². The van der Waals surface area contributed by atoms with Gasteiger partial charge in [-0.05, 0) is 43.4 Å². The summed E-state index contributed by atoms with van der Waals surface area (Å²) in [5.41, 5.74) is 1.03. The van der Waals surface area contributed by atoms with Crippen molar-refractivity contribution in [2.24, 2.45) is 5.92 Å². The third-order valence-electron chi connectivity index (χ3n) is 5.11. The lowest BCUT2D eigenvalue weighted by molar-refractivity contribution is 0.303. The molecular weight excluding hydrogens is 263 g/mol. The fourth-order valence-electron chi connectivity index (χ4n) is 3.93. The summed E-state index contributed by atoms with van der Waals surface area (Å²) < 4.78 is 13.5. The minimum Gasteiger partial charge on any atom is -0.370 e. The number of halogens is 1. The maximum atomic E-state index is 13.5. The Hall–Kier alpha value is -1.09. The predicted octanol–water partition coefficient (Wildman–Crippen LogP) is 3.96. The predicted molar refractivity (Wildman–Crippen MR) is 86.2 cm³/mol. The minimum absolute atomic E-state index is 0.133. The third kappa shape index (κ3) is 3.76. The largest absolute Gasteiger partial charge is 0.370 e. The highest BCUT2D eigenvalue weighted by atomic mass is 19.1. The lowest BCUT2D eigenvalue weighted by Gasteiger charge is -2.40. The van der Waals surface area contributed by atoms with Gasteiger partial charge < -0.3 is 10.2 Å². The highest BCUT2D eigenvalue weighted by molar-refractivity contribution is 5.47. The van der Waals surface area contributed by atoms with Crippen LogP contribution in [0, 0.1) is 11.7 Å². The van der Waals surface area contributed by atoms with Crippen molar-refractivity contribution in [1.29, 1.82) is 0 Å². The summed E-state index contributed by atoms with van der Waals surface area (Å²) in [6.07, 6.45) is 7.86. The molecule has 2 unspecified atom stereocenters. The Kier molecular flexibility index (Phi) is 4.79. The lowest BCUT2D eigenvalue weighted by Crippen LogP contribution is -2.51. The van der Waals surface area contributed by atoms with Crippen molar-refractivity contribution in [3.05, 3.63) is 30.1 Å². The van der Waals surface area contributed by atoms with Crippen LogP contribution in [0.2, 0.25) is 0 Å². The van der Waals surface area contributed by atoms with Gasteiger partial charge in [0.15, 0.2) is 0 Å². The van der Waals surface area contributed by atoms with Crippen molar-refractivity contribution in [2.45, 2.75) is 57.5 Å². The molecule has 2 aliphatic rings. The zero-order valence-electron chi connectivity index (χ0n) is 13.0. The average Bonchev–Trinajstić information content (AvgIpc) is 3.00. The first-order valence-electron chi connectivity index (χ1n) is 8.51. The summed E-state index contributed by atoms with van der Waals surface area (Å²) in [5.74, 6) is 0.576. The van der Waals surface area contributed by atoms with Gasteiger partial charge in [0.25, 0.3) is 0 Å². The van der Waals surface area contributed by atoms with Gasteiger partial charge in [-0.3, -0.25) is 0 Å². The highest BCUT2D eigenvalue weighted by Crippen LogP contribution is 2.27. The van der Waals surface area contributed by atoms with Crippen molar-refractivity contribution >= 4 is 5.69 Å². The standard InChI is InChI=1S/C18H27FN2/c1-2-14-10-17(20-16-7-3-4-8-16)13-21(12-14)18-9-5-6-15(19)11-18/h5-6,9,11,14,16-17,20H,2-4,7-8,10,12-13H2,1H3. The van der Waals surface area contributed by atoms with Gasteiger partial charge in [-0.15, -0.1) is 0 Å². The second-order valence-corrected chi connectivity index (χ2v) is 6.74. The van der Waals surface area contributed by atoms with Gasteiger partial charge in [0.2, 0.25) is 0 Å². The summed E-state index contributed by atoms with van der Waals surface area (Å²) in [6.45, 7) is 4.34. The van der Waals surface area contributed by atoms with Gasteiger partial charge >= 0.3 is 0 Å². The molecule has 1 saturated carbocycles. The van der Waals surface area contributed by atoms with E-state index in [0.29, 0.717) is 18.0 Å². The Balaban J connectivity index is 1.68. The molecule has 1 aliphatic heterocycles.